The number of benzene rings is 2. The van der Waals surface area contributed by atoms with Crippen LogP contribution in [0.2, 0.25) is 0 Å². The Hall–Kier alpha value is -2.45. The number of carbonyl (C=O) groups excluding carboxylic acids is 1. The van der Waals surface area contributed by atoms with Gasteiger partial charge in [0, 0.05) is 22.1 Å². The Bertz CT molecular complexity index is 1160. The predicted octanol–water partition coefficient (Wildman–Crippen LogP) is 4.88. The molecular weight excluding hydrogens is 438 g/mol. The van der Waals surface area contributed by atoms with Gasteiger partial charge in [-0.2, -0.15) is 0 Å². The van der Waals surface area contributed by atoms with E-state index in [1.807, 2.05) is 49.4 Å². The van der Waals surface area contributed by atoms with Crippen LogP contribution < -0.4 is 5.32 Å². The van der Waals surface area contributed by atoms with E-state index in [0.717, 1.165) is 38.8 Å². The van der Waals surface area contributed by atoms with Crippen molar-refractivity contribution in [2.45, 2.75) is 30.8 Å². The molecule has 0 aliphatic rings. The van der Waals surface area contributed by atoms with Crippen molar-refractivity contribution in [1.82, 2.24) is 19.7 Å². The second-order valence-electron chi connectivity index (χ2n) is 6.28. The number of carbonyl (C=O) groups is 1. The summed E-state index contributed by atoms with van der Waals surface area (Å²) < 4.78 is 3.09. The van der Waals surface area contributed by atoms with Crippen LogP contribution in [-0.4, -0.2) is 30.9 Å². The molecule has 2 aromatic carbocycles. The number of para-hydroxylation sites is 1. The molecule has 142 valence electrons. The average molecular weight is 456 g/mol. The molecular formula is C20H18BrN5OS. The highest BCUT2D eigenvalue weighted by Crippen LogP contribution is 2.28. The van der Waals surface area contributed by atoms with Gasteiger partial charge in [-0.15, -0.1) is 10.2 Å². The van der Waals surface area contributed by atoms with Crippen molar-refractivity contribution < 1.29 is 4.79 Å². The van der Waals surface area contributed by atoms with Crippen LogP contribution >= 0.6 is 27.7 Å². The Balaban J connectivity index is 1.58. The molecule has 6 nitrogen and oxygen atoms in total. The lowest BCUT2D eigenvalue weighted by Gasteiger charge is -2.11. The Morgan fingerprint density at radius 3 is 2.68 bits per heavy atom. The molecule has 4 rings (SSSR count). The summed E-state index contributed by atoms with van der Waals surface area (Å²) in [7, 11) is 0. The number of rotatable bonds is 5. The average Bonchev–Trinajstić information content (AvgIpc) is 3.02. The first-order valence-electron chi connectivity index (χ1n) is 8.91. The normalized spacial score (nSPS) is 12.4. The van der Waals surface area contributed by atoms with Crippen molar-refractivity contribution in [1.29, 1.82) is 0 Å². The molecule has 0 bridgehead atoms. The Kier molecular flexibility index (Phi) is 5.32. The zero-order valence-electron chi connectivity index (χ0n) is 15.4. The summed E-state index contributed by atoms with van der Waals surface area (Å²) in [4.78, 5) is 17.2. The van der Waals surface area contributed by atoms with E-state index in [4.69, 9.17) is 4.98 Å². The van der Waals surface area contributed by atoms with Gasteiger partial charge in [-0.1, -0.05) is 45.9 Å². The number of halogens is 1. The van der Waals surface area contributed by atoms with Crippen LogP contribution in [0.15, 0.2) is 58.2 Å². The second-order valence-corrected chi connectivity index (χ2v) is 8.51. The van der Waals surface area contributed by atoms with Gasteiger partial charge in [0.2, 0.25) is 11.1 Å². The fourth-order valence-electron chi connectivity index (χ4n) is 3.05. The van der Waals surface area contributed by atoms with E-state index in [1.165, 1.54) is 11.8 Å². The summed E-state index contributed by atoms with van der Waals surface area (Å²) in [6.07, 6.45) is 0. The molecule has 0 radical (unpaired) electrons. The van der Waals surface area contributed by atoms with Crippen LogP contribution in [0, 0.1) is 0 Å². The van der Waals surface area contributed by atoms with Crippen LogP contribution in [0.1, 0.15) is 13.8 Å². The molecule has 2 heterocycles. The number of thioether (sulfide) groups is 1. The lowest BCUT2D eigenvalue weighted by Crippen LogP contribution is -2.22. The molecule has 1 amide bonds. The van der Waals surface area contributed by atoms with Crippen LogP contribution in [0.5, 0.6) is 0 Å². The molecule has 1 N–H and O–H groups in total. The Labute approximate surface area is 174 Å². The molecule has 8 heteroatoms. The molecule has 2 aromatic heterocycles. The molecule has 0 saturated heterocycles. The van der Waals surface area contributed by atoms with Crippen molar-refractivity contribution in [3.05, 3.63) is 53.0 Å². The molecule has 0 fully saturated rings. The minimum absolute atomic E-state index is 0.105. The third-order valence-corrected chi connectivity index (χ3v) is 5.91. The summed E-state index contributed by atoms with van der Waals surface area (Å²) >= 11 is 4.69. The smallest absolute Gasteiger partial charge is 0.237 e. The standard InChI is InChI=1S/C20H18BrN5OS/c1-3-26-16-7-5-4-6-15(16)17-18(26)23-20(25-24-17)28-12(2)19(27)22-14-10-8-13(21)9-11-14/h4-12H,3H2,1-2H3,(H,22,27). The zero-order chi connectivity index (χ0) is 19.7. The quantitative estimate of drug-likeness (QED) is 0.434. The van der Waals surface area contributed by atoms with Crippen LogP contribution in [0.25, 0.3) is 22.1 Å². The molecule has 4 aromatic rings. The molecule has 1 atom stereocenters. The van der Waals surface area contributed by atoms with E-state index < -0.39 is 0 Å². The van der Waals surface area contributed by atoms with E-state index >= 15 is 0 Å². The van der Waals surface area contributed by atoms with E-state index in [9.17, 15) is 4.79 Å². The summed E-state index contributed by atoms with van der Waals surface area (Å²) in [6.45, 7) is 4.70. The highest BCUT2D eigenvalue weighted by Gasteiger charge is 2.19. The molecule has 0 aliphatic carbocycles. The number of hydrogen-bond acceptors (Lipinski definition) is 5. The highest BCUT2D eigenvalue weighted by atomic mass is 79.9. The van der Waals surface area contributed by atoms with E-state index in [1.54, 1.807) is 0 Å². The van der Waals surface area contributed by atoms with Crippen molar-refractivity contribution >= 4 is 61.4 Å². The number of nitrogens with one attached hydrogen (secondary N) is 1. The summed E-state index contributed by atoms with van der Waals surface area (Å²) in [5, 5.41) is 12.7. The first-order chi connectivity index (χ1) is 13.6. The number of aryl methyl sites for hydroxylation is 1. The number of nitrogens with zero attached hydrogens (tertiary/aromatic N) is 4. The van der Waals surface area contributed by atoms with E-state index in [2.05, 4.69) is 49.0 Å². The Morgan fingerprint density at radius 1 is 1.18 bits per heavy atom. The monoisotopic (exact) mass is 455 g/mol. The van der Waals surface area contributed by atoms with Gasteiger partial charge in [0.15, 0.2) is 5.65 Å². The largest absolute Gasteiger partial charge is 0.325 e. The van der Waals surface area contributed by atoms with E-state index in [0.29, 0.717) is 5.16 Å². The molecule has 0 saturated carbocycles. The topological polar surface area (TPSA) is 72.7 Å². The van der Waals surface area contributed by atoms with Crippen molar-refractivity contribution in [2.75, 3.05) is 5.32 Å². The van der Waals surface area contributed by atoms with Gasteiger partial charge in [-0.25, -0.2) is 4.98 Å². The van der Waals surface area contributed by atoms with Crippen LogP contribution in [0.4, 0.5) is 5.69 Å². The van der Waals surface area contributed by atoms with Gasteiger partial charge >= 0.3 is 0 Å². The zero-order valence-corrected chi connectivity index (χ0v) is 17.8. The van der Waals surface area contributed by atoms with Gasteiger partial charge in [-0.3, -0.25) is 4.79 Å². The van der Waals surface area contributed by atoms with Gasteiger partial charge in [0.05, 0.1) is 10.8 Å². The third kappa shape index (κ3) is 3.62. The Morgan fingerprint density at radius 2 is 1.93 bits per heavy atom. The number of hydrogen-bond donors (Lipinski definition) is 1. The summed E-state index contributed by atoms with van der Waals surface area (Å²) in [6, 6.07) is 15.6. The lowest BCUT2D eigenvalue weighted by atomic mass is 10.2. The van der Waals surface area contributed by atoms with Gasteiger partial charge in [-0.05, 0) is 44.2 Å². The number of fused-ring (bicyclic) bond motifs is 3. The minimum Gasteiger partial charge on any atom is -0.325 e. The number of amides is 1. The maximum atomic E-state index is 12.5. The van der Waals surface area contributed by atoms with E-state index in [-0.39, 0.29) is 11.2 Å². The van der Waals surface area contributed by atoms with Gasteiger partial charge in [0.1, 0.15) is 5.52 Å². The highest BCUT2D eigenvalue weighted by molar-refractivity contribution is 9.10. The first-order valence-corrected chi connectivity index (χ1v) is 10.6. The maximum Gasteiger partial charge on any atom is 0.237 e. The molecule has 0 aliphatic heterocycles. The molecule has 28 heavy (non-hydrogen) atoms. The molecule has 1 unspecified atom stereocenters. The van der Waals surface area contributed by atoms with Crippen molar-refractivity contribution in [3.63, 3.8) is 0 Å². The first kappa shape index (κ1) is 18.9. The fourth-order valence-corrected chi connectivity index (χ4v) is 4.02. The number of aromatic nitrogens is 4. The molecule has 0 spiro atoms. The van der Waals surface area contributed by atoms with Crippen LogP contribution in [-0.2, 0) is 11.3 Å². The number of anilines is 1. The van der Waals surface area contributed by atoms with Crippen LogP contribution in [0.3, 0.4) is 0 Å². The summed E-state index contributed by atoms with van der Waals surface area (Å²) in [5.41, 5.74) is 3.42. The van der Waals surface area contributed by atoms with Crippen molar-refractivity contribution in [2.24, 2.45) is 0 Å². The predicted molar refractivity (Wildman–Crippen MR) is 117 cm³/mol. The maximum absolute atomic E-state index is 12.5. The second kappa shape index (κ2) is 7.89. The van der Waals surface area contributed by atoms with Gasteiger partial charge < -0.3 is 9.88 Å². The SMILES string of the molecule is CCn1c2ccccc2c2nnc(SC(C)C(=O)Nc3ccc(Br)cc3)nc21. The minimum atomic E-state index is -0.359. The fraction of sp³-hybridized carbons (Fsp3) is 0.200. The van der Waals surface area contributed by atoms with Gasteiger partial charge in [0.25, 0.3) is 0 Å². The summed E-state index contributed by atoms with van der Waals surface area (Å²) in [5.74, 6) is -0.105. The third-order valence-electron chi connectivity index (χ3n) is 4.43. The van der Waals surface area contributed by atoms with Crippen molar-refractivity contribution in [3.8, 4) is 0 Å². The lowest BCUT2D eigenvalue weighted by molar-refractivity contribution is -0.115.